The van der Waals surface area contributed by atoms with Crippen LogP contribution in [0.4, 0.5) is 5.69 Å². The highest BCUT2D eigenvalue weighted by molar-refractivity contribution is 6.31. The van der Waals surface area contributed by atoms with Crippen molar-refractivity contribution in [1.82, 2.24) is 5.43 Å². The van der Waals surface area contributed by atoms with E-state index in [0.717, 1.165) is 5.56 Å². The van der Waals surface area contributed by atoms with E-state index in [0.29, 0.717) is 11.4 Å². The number of hydrazine groups is 1. The van der Waals surface area contributed by atoms with Crippen LogP contribution in [-0.4, -0.2) is 18.9 Å². The standard InChI is InChI=1S/C17H14N2O3/c1-22-14-9-5-6-12(10-14)11-15-16(20)18-19(17(15)21)13-7-3-2-4-8-13/h2-11H,1H3,(H,18,20)/b15-11-. The SMILES string of the molecule is COc1cccc(/C=C2/C(=O)NN(c3ccccc3)C2=O)c1. The number of anilines is 1. The van der Waals surface area contributed by atoms with E-state index in [4.69, 9.17) is 4.74 Å². The average Bonchev–Trinajstić information content (AvgIpc) is 2.84. The summed E-state index contributed by atoms with van der Waals surface area (Å²) in [5.41, 5.74) is 4.01. The normalized spacial score (nSPS) is 16.0. The van der Waals surface area contributed by atoms with Crippen molar-refractivity contribution >= 4 is 23.6 Å². The molecule has 3 rings (SSSR count). The molecule has 0 radical (unpaired) electrons. The first kappa shape index (κ1) is 13.9. The first-order valence-electron chi connectivity index (χ1n) is 6.75. The second kappa shape index (κ2) is 5.73. The molecule has 0 aliphatic carbocycles. The van der Waals surface area contributed by atoms with Gasteiger partial charge in [-0.2, -0.15) is 0 Å². The summed E-state index contributed by atoms with van der Waals surface area (Å²) in [6, 6.07) is 16.1. The Morgan fingerprint density at radius 3 is 2.55 bits per heavy atom. The summed E-state index contributed by atoms with van der Waals surface area (Å²) in [5, 5.41) is 1.24. The number of benzene rings is 2. The number of ether oxygens (including phenoxy) is 1. The minimum atomic E-state index is -0.420. The Morgan fingerprint density at radius 2 is 1.82 bits per heavy atom. The van der Waals surface area contributed by atoms with Gasteiger partial charge in [0.1, 0.15) is 11.3 Å². The molecule has 110 valence electrons. The smallest absolute Gasteiger partial charge is 0.282 e. The van der Waals surface area contributed by atoms with Gasteiger partial charge in [0.25, 0.3) is 11.8 Å². The molecule has 1 aliphatic rings. The molecule has 0 spiro atoms. The van der Waals surface area contributed by atoms with Gasteiger partial charge in [-0.05, 0) is 35.9 Å². The van der Waals surface area contributed by atoms with Crippen LogP contribution in [0.3, 0.4) is 0 Å². The van der Waals surface area contributed by atoms with Crippen LogP contribution in [0, 0.1) is 0 Å². The number of rotatable bonds is 3. The van der Waals surface area contributed by atoms with Crippen LogP contribution < -0.4 is 15.2 Å². The molecular weight excluding hydrogens is 280 g/mol. The van der Waals surface area contributed by atoms with E-state index < -0.39 is 5.91 Å². The zero-order valence-electron chi connectivity index (χ0n) is 11.9. The van der Waals surface area contributed by atoms with E-state index in [-0.39, 0.29) is 11.5 Å². The number of para-hydroxylation sites is 1. The topological polar surface area (TPSA) is 58.6 Å². The summed E-state index contributed by atoms with van der Waals surface area (Å²) in [7, 11) is 1.57. The number of carbonyl (C=O) groups excluding carboxylic acids is 2. The number of methoxy groups -OCH3 is 1. The van der Waals surface area contributed by atoms with Crippen LogP contribution in [0.1, 0.15) is 5.56 Å². The van der Waals surface area contributed by atoms with Gasteiger partial charge in [-0.3, -0.25) is 15.0 Å². The Labute approximate surface area is 127 Å². The molecule has 1 fully saturated rings. The molecule has 5 heteroatoms. The minimum absolute atomic E-state index is 0.0945. The summed E-state index contributed by atoms with van der Waals surface area (Å²) in [5.74, 6) is -0.129. The molecule has 1 heterocycles. The molecule has 0 saturated carbocycles. The molecule has 1 saturated heterocycles. The van der Waals surface area contributed by atoms with Gasteiger partial charge >= 0.3 is 0 Å². The lowest BCUT2D eigenvalue weighted by Gasteiger charge is -2.13. The molecule has 2 aromatic rings. The number of amides is 2. The maximum absolute atomic E-state index is 12.4. The first-order valence-corrected chi connectivity index (χ1v) is 6.75. The summed E-state index contributed by atoms with van der Waals surface area (Å²) in [4.78, 5) is 24.5. The summed E-state index contributed by atoms with van der Waals surface area (Å²) in [6.45, 7) is 0. The van der Waals surface area contributed by atoms with Crippen molar-refractivity contribution in [2.24, 2.45) is 0 Å². The van der Waals surface area contributed by atoms with Crippen molar-refractivity contribution in [3.8, 4) is 5.75 Å². The highest BCUT2D eigenvalue weighted by Crippen LogP contribution is 2.22. The predicted molar refractivity (Wildman–Crippen MR) is 83.0 cm³/mol. The summed E-state index contributed by atoms with van der Waals surface area (Å²) in [6.07, 6.45) is 1.56. The second-order valence-corrected chi connectivity index (χ2v) is 4.75. The molecule has 0 aromatic heterocycles. The van der Waals surface area contributed by atoms with Gasteiger partial charge < -0.3 is 4.74 Å². The Balaban J connectivity index is 1.93. The monoisotopic (exact) mass is 294 g/mol. The van der Waals surface area contributed by atoms with Crippen LogP contribution in [0.25, 0.3) is 6.08 Å². The third-order valence-electron chi connectivity index (χ3n) is 3.31. The van der Waals surface area contributed by atoms with Gasteiger partial charge in [0.05, 0.1) is 12.8 Å². The largest absolute Gasteiger partial charge is 0.497 e. The Morgan fingerprint density at radius 1 is 1.05 bits per heavy atom. The van der Waals surface area contributed by atoms with Gasteiger partial charge in [-0.15, -0.1) is 0 Å². The minimum Gasteiger partial charge on any atom is -0.497 e. The molecule has 2 aromatic carbocycles. The Kier molecular flexibility index (Phi) is 3.62. The van der Waals surface area contributed by atoms with Gasteiger partial charge in [0, 0.05) is 0 Å². The molecule has 0 atom stereocenters. The molecule has 1 N–H and O–H groups in total. The van der Waals surface area contributed by atoms with E-state index in [1.165, 1.54) is 5.01 Å². The van der Waals surface area contributed by atoms with Crippen molar-refractivity contribution in [3.63, 3.8) is 0 Å². The van der Waals surface area contributed by atoms with Gasteiger partial charge in [-0.1, -0.05) is 30.3 Å². The predicted octanol–water partition coefficient (Wildman–Crippen LogP) is 2.16. The third-order valence-corrected chi connectivity index (χ3v) is 3.31. The molecular formula is C17H14N2O3. The van der Waals surface area contributed by atoms with E-state index >= 15 is 0 Å². The van der Waals surface area contributed by atoms with E-state index in [9.17, 15) is 9.59 Å². The van der Waals surface area contributed by atoms with Crippen LogP contribution in [-0.2, 0) is 9.59 Å². The van der Waals surface area contributed by atoms with Crippen molar-refractivity contribution in [1.29, 1.82) is 0 Å². The highest BCUT2D eigenvalue weighted by atomic mass is 16.5. The number of hydrogen-bond donors (Lipinski definition) is 1. The second-order valence-electron chi connectivity index (χ2n) is 4.75. The number of hydrogen-bond acceptors (Lipinski definition) is 3. The Bertz CT molecular complexity index is 754. The number of nitrogens with one attached hydrogen (secondary N) is 1. The number of carbonyl (C=O) groups is 2. The first-order chi connectivity index (χ1) is 10.7. The molecule has 2 amide bonds. The number of nitrogens with zero attached hydrogens (tertiary/aromatic N) is 1. The fraction of sp³-hybridized carbons (Fsp3) is 0.0588. The Hall–Kier alpha value is -3.08. The lowest BCUT2D eigenvalue weighted by atomic mass is 10.1. The van der Waals surface area contributed by atoms with Gasteiger partial charge in [0.2, 0.25) is 0 Å². The average molecular weight is 294 g/mol. The maximum atomic E-state index is 12.4. The van der Waals surface area contributed by atoms with Crippen LogP contribution in [0.5, 0.6) is 5.75 Å². The van der Waals surface area contributed by atoms with Crippen LogP contribution in [0.2, 0.25) is 0 Å². The van der Waals surface area contributed by atoms with E-state index in [2.05, 4.69) is 5.43 Å². The van der Waals surface area contributed by atoms with Crippen molar-refractivity contribution in [2.75, 3.05) is 12.1 Å². The van der Waals surface area contributed by atoms with Crippen molar-refractivity contribution < 1.29 is 14.3 Å². The van der Waals surface area contributed by atoms with Crippen LogP contribution in [0.15, 0.2) is 60.2 Å². The highest BCUT2D eigenvalue weighted by Gasteiger charge is 2.34. The molecule has 22 heavy (non-hydrogen) atoms. The quantitative estimate of drug-likeness (QED) is 0.697. The van der Waals surface area contributed by atoms with Crippen LogP contribution >= 0.6 is 0 Å². The zero-order valence-corrected chi connectivity index (χ0v) is 11.9. The maximum Gasteiger partial charge on any atom is 0.282 e. The third kappa shape index (κ3) is 2.56. The lowest BCUT2D eigenvalue weighted by Crippen LogP contribution is -2.35. The van der Waals surface area contributed by atoms with Crippen molar-refractivity contribution in [3.05, 3.63) is 65.7 Å². The lowest BCUT2D eigenvalue weighted by molar-refractivity contribution is -0.117. The van der Waals surface area contributed by atoms with E-state index in [1.54, 1.807) is 61.7 Å². The molecule has 1 aliphatic heterocycles. The molecule has 0 bridgehead atoms. The molecule has 0 unspecified atom stereocenters. The van der Waals surface area contributed by atoms with Gasteiger partial charge in [0.15, 0.2) is 0 Å². The van der Waals surface area contributed by atoms with Crippen molar-refractivity contribution in [2.45, 2.75) is 0 Å². The summed E-state index contributed by atoms with van der Waals surface area (Å²) < 4.78 is 5.14. The molecule has 5 nitrogen and oxygen atoms in total. The zero-order chi connectivity index (χ0) is 15.5. The summed E-state index contributed by atoms with van der Waals surface area (Å²) >= 11 is 0. The fourth-order valence-electron chi connectivity index (χ4n) is 2.21. The fourth-order valence-corrected chi connectivity index (χ4v) is 2.21. The van der Waals surface area contributed by atoms with Gasteiger partial charge in [-0.25, -0.2) is 5.01 Å². The van der Waals surface area contributed by atoms with E-state index in [1.807, 2.05) is 6.07 Å².